The predicted octanol–water partition coefficient (Wildman–Crippen LogP) is 3.15. The first kappa shape index (κ1) is 24.0. The maximum Gasteiger partial charge on any atom is 0.255 e. The van der Waals surface area contributed by atoms with Gasteiger partial charge in [-0.15, -0.1) is 0 Å². The molecular formula is C26H30N10O2. The fourth-order valence-electron chi connectivity index (χ4n) is 5.38. The molecule has 12 nitrogen and oxygen atoms in total. The largest absolute Gasteiger partial charge is 0.372 e. The summed E-state index contributed by atoms with van der Waals surface area (Å²) in [5.74, 6) is 1.30. The number of amides is 1. The molecule has 0 saturated carbocycles. The lowest BCUT2D eigenvalue weighted by Crippen LogP contribution is -2.45. The summed E-state index contributed by atoms with van der Waals surface area (Å²) >= 11 is 0. The van der Waals surface area contributed by atoms with Gasteiger partial charge in [0.05, 0.1) is 29.3 Å². The van der Waals surface area contributed by atoms with E-state index in [0.29, 0.717) is 17.2 Å². The number of carbonyl (C=O) groups excluding carboxylic acids is 1. The fraction of sp³-hybridized carbons (Fsp3) is 0.385. The zero-order valence-corrected chi connectivity index (χ0v) is 22.0. The van der Waals surface area contributed by atoms with Gasteiger partial charge in [0.1, 0.15) is 11.5 Å². The Hall–Kier alpha value is -4.32. The molecule has 0 aliphatic carbocycles. The van der Waals surface area contributed by atoms with Gasteiger partial charge in [-0.05, 0) is 68.5 Å². The van der Waals surface area contributed by atoms with Gasteiger partial charge in [0.25, 0.3) is 5.91 Å². The van der Waals surface area contributed by atoms with Crippen LogP contribution in [0.15, 0.2) is 47.8 Å². The number of rotatable bonds is 4. The molecule has 0 spiro atoms. The van der Waals surface area contributed by atoms with Crippen molar-refractivity contribution < 1.29 is 9.53 Å². The molecular weight excluding hydrogens is 484 g/mol. The molecule has 6 rings (SSSR count). The Morgan fingerprint density at radius 2 is 1.92 bits per heavy atom. The molecule has 2 N–H and O–H groups in total. The Bertz CT molecular complexity index is 1550. The summed E-state index contributed by atoms with van der Waals surface area (Å²) in [7, 11) is 1.85. The van der Waals surface area contributed by atoms with Gasteiger partial charge >= 0.3 is 0 Å². The highest BCUT2D eigenvalue weighted by Gasteiger charge is 2.32. The van der Waals surface area contributed by atoms with E-state index >= 15 is 0 Å². The molecule has 1 amide bonds. The van der Waals surface area contributed by atoms with Crippen molar-refractivity contribution in [3.05, 3.63) is 47.8 Å². The van der Waals surface area contributed by atoms with E-state index in [1.54, 1.807) is 4.68 Å². The van der Waals surface area contributed by atoms with Gasteiger partial charge in [-0.1, -0.05) is 5.10 Å². The molecule has 1 aromatic carbocycles. The van der Waals surface area contributed by atoms with Crippen LogP contribution in [0.4, 0.5) is 17.5 Å². The van der Waals surface area contributed by atoms with Crippen molar-refractivity contribution in [3.8, 4) is 11.3 Å². The number of H-pyrrole nitrogens is 1. The number of carbonyl (C=O) groups is 1. The minimum atomic E-state index is -0.301. The molecule has 2 aliphatic rings. The molecule has 1 fully saturated rings. The van der Waals surface area contributed by atoms with Crippen molar-refractivity contribution >= 4 is 34.3 Å². The summed E-state index contributed by atoms with van der Waals surface area (Å²) in [6.07, 6.45) is 2.09. The number of tetrazole rings is 1. The number of hydrogen-bond acceptors (Lipinski definition) is 9. The summed E-state index contributed by atoms with van der Waals surface area (Å²) in [5, 5.41) is 23.6. The van der Waals surface area contributed by atoms with Crippen molar-refractivity contribution in [1.29, 1.82) is 0 Å². The molecule has 38 heavy (non-hydrogen) atoms. The molecule has 2 aliphatic heterocycles. The zero-order valence-electron chi connectivity index (χ0n) is 22.0. The van der Waals surface area contributed by atoms with Gasteiger partial charge in [-0.3, -0.25) is 9.89 Å². The number of nitrogens with one attached hydrogen (secondary N) is 2. The SMILES string of the molecule is CC1=C(C(=O)Nc2ccc3[nH]nc(-c4ccnc(N5C[C@@H](C)O[C@H](C)C5)c4)c3c2)C(C)n2nnnc2N1C. The lowest BCUT2D eigenvalue weighted by atomic mass is 10.0. The van der Waals surface area contributed by atoms with Crippen molar-refractivity contribution in [2.45, 2.75) is 45.9 Å². The lowest BCUT2D eigenvalue weighted by Gasteiger charge is -2.36. The number of allylic oxidation sites excluding steroid dienone is 1. The van der Waals surface area contributed by atoms with Crippen LogP contribution >= 0.6 is 0 Å². The van der Waals surface area contributed by atoms with Crippen molar-refractivity contribution in [2.75, 3.05) is 35.3 Å². The first-order valence-electron chi connectivity index (χ1n) is 12.7. The molecule has 0 radical (unpaired) electrons. The number of benzene rings is 1. The van der Waals surface area contributed by atoms with Gasteiger partial charge in [-0.25, -0.2) is 9.67 Å². The second-order valence-corrected chi connectivity index (χ2v) is 10.0. The van der Waals surface area contributed by atoms with E-state index in [1.807, 2.05) is 56.3 Å². The van der Waals surface area contributed by atoms with E-state index in [2.05, 4.69) is 60.8 Å². The summed E-state index contributed by atoms with van der Waals surface area (Å²) in [5.41, 5.74) is 4.71. The molecule has 1 saturated heterocycles. The fourth-order valence-corrected chi connectivity index (χ4v) is 5.38. The molecule has 0 bridgehead atoms. The van der Waals surface area contributed by atoms with Crippen LogP contribution in [0.1, 0.15) is 33.7 Å². The predicted molar refractivity (Wildman–Crippen MR) is 144 cm³/mol. The Balaban J connectivity index is 1.29. The van der Waals surface area contributed by atoms with E-state index in [9.17, 15) is 4.79 Å². The summed E-state index contributed by atoms with van der Waals surface area (Å²) in [6, 6.07) is 9.45. The normalized spacial score (nSPS) is 21.7. The highest BCUT2D eigenvalue weighted by atomic mass is 16.5. The third kappa shape index (κ3) is 4.06. The molecule has 3 atom stereocenters. The van der Waals surface area contributed by atoms with Crippen LogP contribution in [0.25, 0.3) is 22.2 Å². The smallest absolute Gasteiger partial charge is 0.255 e. The van der Waals surface area contributed by atoms with Crippen LogP contribution in [0.5, 0.6) is 0 Å². The van der Waals surface area contributed by atoms with E-state index in [4.69, 9.17) is 4.74 Å². The van der Waals surface area contributed by atoms with Crippen molar-refractivity contribution in [1.82, 2.24) is 35.4 Å². The van der Waals surface area contributed by atoms with E-state index in [-0.39, 0.29) is 24.2 Å². The van der Waals surface area contributed by atoms with E-state index in [1.165, 1.54) is 0 Å². The molecule has 4 aromatic rings. The average Bonchev–Trinajstić information content (AvgIpc) is 3.55. The van der Waals surface area contributed by atoms with Crippen molar-refractivity contribution in [2.24, 2.45) is 0 Å². The Morgan fingerprint density at radius 3 is 2.71 bits per heavy atom. The molecule has 3 aromatic heterocycles. The quantitative estimate of drug-likeness (QED) is 0.422. The summed E-state index contributed by atoms with van der Waals surface area (Å²) < 4.78 is 7.53. The van der Waals surface area contributed by atoms with Crippen LogP contribution in [0.2, 0.25) is 0 Å². The van der Waals surface area contributed by atoms with Crippen LogP contribution in [0.3, 0.4) is 0 Å². The summed E-state index contributed by atoms with van der Waals surface area (Å²) in [4.78, 5) is 22.1. The highest BCUT2D eigenvalue weighted by molar-refractivity contribution is 6.07. The Kier molecular flexibility index (Phi) is 5.83. The molecule has 12 heteroatoms. The summed E-state index contributed by atoms with van der Waals surface area (Å²) in [6.45, 7) is 9.54. The lowest BCUT2D eigenvalue weighted by molar-refractivity contribution is -0.113. The van der Waals surface area contributed by atoms with Gasteiger partial charge in [0.15, 0.2) is 0 Å². The van der Waals surface area contributed by atoms with Crippen LogP contribution in [0, 0.1) is 0 Å². The standard InChI is InChI=1S/C26H30N10O2/c1-14-12-35(13-15(2)38-14)22-10-18(8-9-27-22)24-20-11-19(6-7-21(20)29-30-24)28-25(37)23-16(3)34(5)26-31-32-33-36(26)17(23)4/h6-11,14-15,17H,12-13H2,1-5H3,(H,28,37)(H,29,30)/t14-,15-,17?/m1/s1. The number of morpholine rings is 1. The zero-order chi connectivity index (χ0) is 26.6. The number of fused-ring (bicyclic) bond motifs is 2. The minimum absolute atomic E-state index is 0.138. The number of ether oxygens (including phenoxy) is 1. The molecule has 196 valence electrons. The van der Waals surface area contributed by atoms with Gasteiger partial charge < -0.3 is 19.9 Å². The highest BCUT2D eigenvalue weighted by Crippen LogP contribution is 2.34. The number of nitrogens with zero attached hydrogens (tertiary/aromatic N) is 8. The second kappa shape index (κ2) is 9.21. The first-order valence-corrected chi connectivity index (χ1v) is 12.7. The topological polar surface area (TPSA) is 130 Å². The molecule has 1 unspecified atom stereocenters. The number of anilines is 3. The number of pyridine rings is 1. The third-order valence-electron chi connectivity index (χ3n) is 7.28. The minimum Gasteiger partial charge on any atom is -0.372 e. The second-order valence-electron chi connectivity index (χ2n) is 10.0. The van der Waals surface area contributed by atoms with Gasteiger partial charge in [0.2, 0.25) is 5.95 Å². The van der Waals surface area contributed by atoms with E-state index in [0.717, 1.165) is 46.8 Å². The van der Waals surface area contributed by atoms with Crippen LogP contribution < -0.4 is 15.1 Å². The maximum absolute atomic E-state index is 13.4. The van der Waals surface area contributed by atoms with Gasteiger partial charge in [0, 0.05) is 48.7 Å². The Labute approximate surface area is 219 Å². The monoisotopic (exact) mass is 514 g/mol. The Morgan fingerprint density at radius 1 is 1.13 bits per heavy atom. The average molecular weight is 515 g/mol. The first-order chi connectivity index (χ1) is 18.3. The molecule has 5 heterocycles. The van der Waals surface area contributed by atoms with E-state index < -0.39 is 0 Å². The van der Waals surface area contributed by atoms with Crippen molar-refractivity contribution in [3.63, 3.8) is 0 Å². The number of aromatic amines is 1. The van der Waals surface area contributed by atoms with Gasteiger partial charge in [-0.2, -0.15) is 5.10 Å². The number of hydrogen-bond donors (Lipinski definition) is 2. The third-order valence-corrected chi connectivity index (χ3v) is 7.28. The number of aromatic nitrogens is 7. The van der Waals surface area contributed by atoms with Crippen LogP contribution in [-0.2, 0) is 9.53 Å². The maximum atomic E-state index is 13.4. The van der Waals surface area contributed by atoms with Crippen LogP contribution in [-0.4, -0.2) is 73.6 Å².